The number of furan rings is 1. The van der Waals surface area contributed by atoms with Gasteiger partial charge in [0.2, 0.25) is 0 Å². The fraction of sp³-hybridized carbons (Fsp3) is 0. The molecule has 0 saturated carbocycles. The minimum absolute atomic E-state index is 0.852. The van der Waals surface area contributed by atoms with Gasteiger partial charge >= 0.3 is 0 Å². The summed E-state index contributed by atoms with van der Waals surface area (Å²) in [5.74, 6) is 0.905. The van der Waals surface area contributed by atoms with Crippen molar-refractivity contribution in [1.82, 2.24) is 14.1 Å². The van der Waals surface area contributed by atoms with Gasteiger partial charge in [-0.2, -0.15) is 0 Å². The van der Waals surface area contributed by atoms with Gasteiger partial charge in [0, 0.05) is 32.8 Å². The molecule has 3 aromatic heterocycles. The predicted molar refractivity (Wildman–Crippen MR) is 211 cm³/mol. The second kappa shape index (κ2) is 10.8. The highest BCUT2D eigenvalue weighted by Gasteiger charge is 2.20. The topological polar surface area (TPSA) is 35.9 Å². The first kappa shape index (κ1) is 28.0. The van der Waals surface area contributed by atoms with Crippen molar-refractivity contribution >= 4 is 65.6 Å². The van der Waals surface area contributed by atoms with Crippen molar-refractivity contribution in [2.75, 3.05) is 0 Å². The van der Waals surface area contributed by atoms with E-state index < -0.39 is 0 Å². The molecule has 4 heteroatoms. The van der Waals surface area contributed by atoms with Crippen LogP contribution in [0.2, 0.25) is 0 Å². The maximum atomic E-state index is 6.52. The molecule has 238 valence electrons. The summed E-state index contributed by atoms with van der Waals surface area (Å²) in [6.07, 6.45) is 0. The normalized spacial score (nSPS) is 11.9. The van der Waals surface area contributed by atoms with Gasteiger partial charge < -0.3 is 8.98 Å². The van der Waals surface area contributed by atoms with Crippen molar-refractivity contribution in [3.8, 4) is 33.9 Å². The zero-order chi connectivity index (χ0) is 33.5. The third kappa shape index (κ3) is 4.17. The Morgan fingerprint density at radius 3 is 2.06 bits per heavy atom. The van der Waals surface area contributed by atoms with Crippen LogP contribution in [0, 0.1) is 0 Å². The smallest absolute Gasteiger partial charge is 0.145 e. The van der Waals surface area contributed by atoms with Crippen LogP contribution in [0.15, 0.2) is 180 Å². The number of hydrogen-bond acceptors (Lipinski definition) is 2. The Labute approximate surface area is 293 Å². The number of imidazole rings is 1. The molecular weight excluding hydrogens is 623 g/mol. The molecule has 0 aliphatic heterocycles. The van der Waals surface area contributed by atoms with Crippen LogP contribution in [-0.2, 0) is 0 Å². The molecular formula is C47H29N3O. The Bertz CT molecular complexity index is 3130. The summed E-state index contributed by atoms with van der Waals surface area (Å²) in [6.45, 7) is 0. The van der Waals surface area contributed by atoms with E-state index in [-0.39, 0.29) is 0 Å². The fourth-order valence-electron chi connectivity index (χ4n) is 8.03. The summed E-state index contributed by atoms with van der Waals surface area (Å²) in [5.41, 5.74) is 11.7. The zero-order valence-corrected chi connectivity index (χ0v) is 27.5. The van der Waals surface area contributed by atoms with Crippen molar-refractivity contribution in [1.29, 1.82) is 0 Å². The lowest BCUT2D eigenvalue weighted by molar-refractivity contribution is 0.669. The molecule has 0 bridgehead atoms. The Morgan fingerprint density at radius 1 is 0.431 bits per heavy atom. The number of nitrogens with zero attached hydrogens (tertiary/aromatic N) is 3. The Balaban J connectivity index is 1.15. The molecule has 0 atom stereocenters. The van der Waals surface area contributed by atoms with E-state index in [9.17, 15) is 0 Å². The molecule has 3 heterocycles. The molecule has 0 saturated heterocycles. The highest BCUT2D eigenvalue weighted by Crippen LogP contribution is 2.41. The van der Waals surface area contributed by atoms with Crippen molar-refractivity contribution in [3.63, 3.8) is 0 Å². The van der Waals surface area contributed by atoms with Crippen LogP contribution in [0.1, 0.15) is 0 Å². The van der Waals surface area contributed by atoms with Crippen LogP contribution in [0.4, 0.5) is 0 Å². The van der Waals surface area contributed by atoms with Crippen molar-refractivity contribution in [3.05, 3.63) is 176 Å². The van der Waals surface area contributed by atoms with E-state index in [1.807, 2.05) is 12.1 Å². The summed E-state index contributed by atoms with van der Waals surface area (Å²) in [4.78, 5) is 5.12. The van der Waals surface area contributed by atoms with Crippen LogP contribution in [0.5, 0.6) is 0 Å². The van der Waals surface area contributed by atoms with E-state index in [1.54, 1.807) is 0 Å². The van der Waals surface area contributed by atoms with Gasteiger partial charge in [-0.05, 0) is 77.2 Å². The largest absolute Gasteiger partial charge is 0.456 e. The SMILES string of the molecule is c1ccc(-c2nc3ccccc3n2-c2cccc3oc4ccc(-c5ccc6c(c5)c5ccc7ccccc7c5n6-c5ccccc5)cc4c23)cc1. The molecule has 0 N–H and O–H groups in total. The van der Waals surface area contributed by atoms with E-state index in [0.29, 0.717) is 0 Å². The molecule has 0 spiro atoms. The van der Waals surface area contributed by atoms with E-state index in [0.717, 1.165) is 66.9 Å². The monoisotopic (exact) mass is 651 g/mol. The van der Waals surface area contributed by atoms with Gasteiger partial charge in [0.15, 0.2) is 0 Å². The summed E-state index contributed by atoms with van der Waals surface area (Å²) < 4.78 is 11.2. The van der Waals surface area contributed by atoms with E-state index in [1.165, 1.54) is 32.6 Å². The standard InChI is InChI=1S/C47H29N3O/c1-3-13-31(14-4-1)47-48-39-18-9-10-19-41(39)50(47)42-20-11-21-44-45(42)38-29-33(24-27-43(38)51-44)32-23-26-40-37(28-32)36-25-22-30-12-7-8-17-35(30)46(36)49(40)34-15-5-2-6-16-34/h1-29H. The molecule has 0 unspecified atom stereocenters. The highest BCUT2D eigenvalue weighted by molar-refractivity contribution is 6.19. The minimum atomic E-state index is 0.852. The van der Waals surface area contributed by atoms with Gasteiger partial charge in [0.05, 0.1) is 33.1 Å². The van der Waals surface area contributed by atoms with E-state index >= 15 is 0 Å². The molecule has 11 rings (SSSR count). The highest BCUT2D eigenvalue weighted by atomic mass is 16.3. The lowest BCUT2D eigenvalue weighted by Crippen LogP contribution is -1.98. The van der Waals surface area contributed by atoms with Crippen molar-refractivity contribution in [2.24, 2.45) is 0 Å². The molecule has 8 aromatic carbocycles. The van der Waals surface area contributed by atoms with Crippen LogP contribution in [0.3, 0.4) is 0 Å². The van der Waals surface area contributed by atoms with Crippen molar-refractivity contribution in [2.45, 2.75) is 0 Å². The molecule has 0 aliphatic rings. The first-order valence-electron chi connectivity index (χ1n) is 17.3. The lowest BCUT2D eigenvalue weighted by Gasteiger charge is -2.11. The third-order valence-electron chi connectivity index (χ3n) is 10.3. The van der Waals surface area contributed by atoms with E-state index in [4.69, 9.17) is 9.40 Å². The maximum absolute atomic E-state index is 6.52. The molecule has 0 aliphatic carbocycles. The fourth-order valence-corrected chi connectivity index (χ4v) is 8.03. The van der Waals surface area contributed by atoms with Crippen LogP contribution in [-0.4, -0.2) is 14.1 Å². The average Bonchev–Trinajstić information content (AvgIpc) is 3.88. The van der Waals surface area contributed by atoms with Crippen LogP contribution < -0.4 is 0 Å². The summed E-state index contributed by atoms with van der Waals surface area (Å²) in [5, 5.41) is 7.10. The number of aromatic nitrogens is 3. The van der Waals surface area contributed by atoms with E-state index in [2.05, 4.69) is 173 Å². The average molecular weight is 652 g/mol. The zero-order valence-electron chi connectivity index (χ0n) is 27.5. The van der Waals surface area contributed by atoms with Crippen molar-refractivity contribution < 1.29 is 4.42 Å². The summed E-state index contributed by atoms with van der Waals surface area (Å²) in [7, 11) is 0. The Hall–Kier alpha value is -6.91. The van der Waals surface area contributed by atoms with Gasteiger partial charge in [0.1, 0.15) is 17.0 Å². The summed E-state index contributed by atoms with van der Waals surface area (Å²) >= 11 is 0. The first-order valence-corrected chi connectivity index (χ1v) is 17.3. The second-order valence-electron chi connectivity index (χ2n) is 13.2. The quantitative estimate of drug-likeness (QED) is 0.190. The number of fused-ring (bicyclic) bond motifs is 9. The summed E-state index contributed by atoms with van der Waals surface area (Å²) in [6, 6.07) is 62.4. The van der Waals surface area contributed by atoms with Gasteiger partial charge in [-0.3, -0.25) is 4.57 Å². The molecule has 0 radical (unpaired) electrons. The van der Waals surface area contributed by atoms with Crippen LogP contribution in [0.25, 0.3) is 99.4 Å². The molecule has 0 fully saturated rings. The third-order valence-corrected chi connectivity index (χ3v) is 10.3. The maximum Gasteiger partial charge on any atom is 0.145 e. The van der Waals surface area contributed by atoms with Gasteiger partial charge in [-0.25, -0.2) is 4.98 Å². The minimum Gasteiger partial charge on any atom is -0.456 e. The molecule has 0 amide bonds. The van der Waals surface area contributed by atoms with Gasteiger partial charge in [-0.1, -0.05) is 115 Å². The first-order chi connectivity index (χ1) is 25.3. The number of para-hydroxylation sites is 3. The van der Waals surface area contributed by atoms with Gasteiger partial charge in [-0.15, -0.1) is 0 Å². The Kier molecular flexibility index (Phi) is 5.92. The lowest BCUT2D eigenvalue weighted by atomic mass is 9.99. The number of benzene rings is 8. The van der Waals surface area contributed by atoms with Crippen LogP contribution >= 0.6 is 0 Å². The predicted octanol–water partition coefficient (Wildman–Crippen LogP) is 12.5. The molecule has 4 nitrogen and oxygen atoms in total. The second-order valence-corrected chi connectivity index (χ2v) is 13.2. The van der Waals surface area contributed by atoms with Gasteiger partial charge in [0.25, 0.3) is 0 Å². The number of rotatable bonds is 4. The molecule has 11 aromatic rings. The molecule has 51 heavy (non-hydrogen) atoms. The Morgan fingerprint density at radius 2 is 1.18 bits per heavy atom. The number of hydrogen-bond donors (Lipinski definition) is 0.